The minimum Gasteiger partial charge on any atom is -0.480 e. The van der Waals surface area contributed by atoms with Crippen molar-refractivity contribution in [1.29, 1.82) is 0 Å². The Morgan fingerprint density at radius 1 is 0.744 bits per heavy atom. The average molecular weight is 560 g/mol. The van der Waals surface area contributed by atoms with E-state index in [1.807, 2.05) is 0 Å². The minimum atomic E-state index is -1.50. The van der Waals surface area contributed by atoms with E-state index in [9.17, 15) is 29.4 Å². The molecule has 224 valence electrons. The summed E-state index contributed by atoms with van der Waals surface area (Å²) in [6.07, 6.45) is 0.734. The first-order valence-electron chi connectivity index (χ1n) is 12.7. The van der Waals surface area contributed by atoms with Crippen LogP contribution in [0.5, 0.6) is 0 Å². The molecule has 3 amide bonds. The van der Waals surface area contributed by atoms with Crippen LogP contribution in [-0.4, -0.2) is 95.7 Å². The van der Waals surface area contributed by atoms with Gasteiger partial charge in [-0.25, -0.2) is 4.79 Å². The van der Waals surface area contributed by atoms with E-state index in [1.165, 1.54) is 6.92 Å². The lowest BCUT2D eigenvalue weighted by molar-refractivity contribution is -0.143. The quantitative estimate of drug-likeness (QED) is 0.0381. The fourth-order valence-electron chi connectivity index (χ4n) is 3.37. The summed E-state index contributed by atoms with van der Waals surface area (Å²) in [5, 5.41) is 26.8. The molecule has 0 saturated heterocycles. The monoisotopic (exact) mass is 559 g/mol. The number of aliphatic carboxylic acids is 1. The molecule has 0 aliphatic heterocycles. The number of guanidine groups is 2. The molecular weight excluding hydrogens is 514 g/mol. The molecule has 0 fully saturated rings. The highest BCUT2D eigenvalue weighted by molar-refractivity contribution is 5.94. The van der Waals surface area contributed by atoms with Gasteiger partial charge < -0.3 is 60.6 Å². The zero-order valence-corrected chi connectivity index (χ0v) is 22.3. The number of carboxylic acids is 1. The number of hydrogen-bond donors (Lipinski definition) is 11. The summed E-state index contributed by atoms with van der Waals surface area (Å²) < 4.78 is 0. The Hall–Kier alpha value is -3.70. The van der Waals surface area contributed by atoms with Crippen LogP contribution in [0.2, 0.25) is 0 Å². The molecule has 0 spiro atoms. The zero-order valence-electron chi connectivity index (χ0n) is 22.3. The molecular formula is C22H45N11O6. The van der Waals surface area contributed by atoms with Crippen molar-refractivity contribution in [1.82, 2.24) is 16.0 Å². The van der Waals surface area contributed by atoms with Crippen LogP contribution in [0.3, 0.4) is 0 Å². The molecule has 5 atom stereocenters. The maximum atomic E-state index is 13.1. The third-order valence-electron chi connectivity index (χ3n) is 5.51. The number of nitrogens with one attached hydrogen (secondary N) is 3. The number of rotatable bonds is 20. The van der Waals surface area contributed by atoms with Gasteiger partial charge in [0.15, 0.2) is 11.9 Å². The molecule has 0 heterocycles. The number of nitrogens with zero attached hydrogens (tertiary/aromatic N) is 2. The highest BCUT2D eigenvalue weighted by Gasteiger charge is 2.32. The lowest BCUT2D eigenvalue weighted by Crippen LogP contribution is -2.59. The second kappa shape index (κ2) is 19.4. The van der Waals surface area contributed by atoms with Gasteiger partial charge in [-0.15, -0.1) is 0 Å². The number of amides is 3. The van der Waals surface area contributed by atoms with E-state index in [4.69, 9.17) is 34.4 Å². The normalized spacial score (nSPS) is 14.6. The van der Waals surface area contributed by atoms with E-state index in [-0.39, 0.29) is 50.7 Å². The van der Waals surface area contributed by atoms with E-state index >= 15 is 0 Å². The lowest BCUT2D eigenvalue weighted by Gasteiger charge is -2.26. The topological polar surface area (TPSA) is 326 Å². The summed E-state index contributed by atoms with van der Waals surface area (Å²) in [5.41, 5.74) is 32.5. The molecule has 39 heavy (non-hydrogen) atoms. The molecule has 5 unspecified atom stereocenters. The van der Waals surface area contributed by atoms with Gasteiger partial charge in [0.2, 0.25) is 17.7 Å². The molecule has 17 nitrogen and oxygen atoms in total. The average Bonchev–Trinajstić information content (AvgIpc) is 2.85. The fourth-order valence-corrected chi connectivity index (χ4v) is 3.37. The number of carbonyl (C=O) groups is 4. The van der Waals surface area contributed by atoms with Gasteiger partial charge in [0, 0.05) is 13.1 Å². The van der Waals surface area contributed by atoms with Crippen molar-refractivity contribution in [2.45, 2.75) is 82.1 Å². The summed E-state index contributed by atoms with van der Waals surface area (Å²) in [4.78, 5) is 57.7. The van der Waals surface area contributed by atoms with Gasteiger partial charge in [0.25, 0.3) is 0 Å². The van der Waals surface area contributed by atoms with E-state index in [0.717, 1.165) is 0 Å². The minimum absolute atomic E-state index is 0.0695. The van der Waals surface area contributed by atoms with Gasteiger partial charge in [-0.2, -0.15) is 0 Å². The Morgan fingerprint density at radius 2 is 1.26 bits per heavy atom. The molecule has 0 bridgehead atoms. The number of carbonyl (C=O) groups excluding carboxylic acids is 3. The second-order valence-electron chi connectivity index (χ2n) is 8.98. The van der Waals surface area contributed by atoms with Gasteiger partial charge in [-0.1, -0.05) is 0 Å². The Kier molecular flexibility index (Phi) is 17.5. The number of nitrogens with two attached hydrogens (primary N) is 6. The molecule has 0 aliphatic carbocycles. The van der Waals surface area contributed by atoms with Crippen LogP contribution in [0, 0.1) is 0 Å². The molecule has 0 aromatic rings. The van der Waals surface area contributed by atoms with Crippen molar-refractivity contribution < 1.29 is 29.4 Å². The maximum absolute atomic E-state index is 13.1. The van der Waals surface area contributed by atoms with Crippen LogP contribution in [0.25, 0.3) is 0 Å². The van der Waals surface area contributed by atoms with Crippen molar-refractivity contribution >= 4 is 35.6 Å². The van der Waals surface area contributed by atoms with Crippen LogP contribution in [0.1, 0.15) is 51.9 Å². The van der Waals surface area contributed by atoms with Gasteiger partial charge in [0.1, 0.15) is 18.1 Å². The number of aliphatic hydroxyl groups is 1. The van der Waals surface area contributed by atoms with Crippen LogP contribution >= 0.6 is 0 Å². The second-order valence-corrected chi connectivity index (χ2v) is 8.98. The molecule has 0 saturated carbocycles. The highest BCUT2D eigenvalue weighted by atomic mass is 16.4. The molecule has 17 N–H and O–H groups in total. The van der Waals surface area contributed by atoms with Crippen LogP contribution < -0.4 is 50.4 Å². The molecule has 0 aromatic carbocycles. The Balaban J connectivity index is 5.46. The number of aliphatic hydroxyl groups excluding tert-OH is 1. The van der Waals surface area contributed by atoms with E-state index < -0.39 is 54.0 Å². The van der Waals surface area contributed by atoms with Gasteiger partial charge >= 0.3 is 5.97 Å². The summed E-state index contributed by atoms with van der Waals surface area (Å²) >= 11 is 0. The van der Waals surface area contributed by atoms with Gasteiger partial charge in [-0.3, -0.25) is 24.4 Å². The third-order valence-corrected chi connectivity index (χ3v) is 5.51. The van der Waals surface area contributed by atoms with Gasteiger partial charge in [0.05, 0.1) is 12.1 Å². The number of unbranched alkanes of at least 4 members (excludes halogenated alkanes) is 1. The fraction of sp³-hybridized carbons (Fsp3) is 0.727. The standard InChI is InChI=1S/C22H45N11O6/c1-12(34)16(19(37)32-15(20(38)39)7-2-3-9-23)33-18(36)14(8-5-11-30-22(27)28)31-17(35)13(24)6-4-10-29-21(25)26/h12-16,34H,2-11,23-24H2,1H3,(H,31,35)(H,32,37)(H,33,36)(H,38,39)(H4,25,26,29)(H4,27,28,30). The summed E-state index contributed by atoms with van der Waals surface area (Å²) in [5.74, 6) is -3.83. The summed E-state index contributed by atoms with van der Waals surface area (Å²) in [6.45, 7) is 2.05. The number of carboxylic acid groups (broad SMARTS) is 1. The summed E-state index contributed by atoms with van der Waals surface area (Å²) in [7, 11) is 0. The molecule has 0 radical (unpaired) electrons. The summed E-state index contributed by atoms with van der Waals surface area (Å²) in [6, 6.07) is -4.88. The molecule has 0 aliphatic rings. The first-order valence-corrected chi connectivity index (χ1v) is 12.7. The van der Waals surface area contributed by atoms with Crippen molar-refractivity contribution in [3.8, 4) is 0 Å². The van der Waals surface area contributed by atoms with Crippen LogP contribution in [0.15, 0.2) is 9.98 Å². The first-order chi connectivity index (χ1) is 18.3. The largest absolute Gasteiger partial charge is 0.480 e. The molecule has 0 aromatic heterocycles. The third kappa shape index (κ3) is 16.0. The van der Waals surface area contributed by atoms with Gasteiger partial charge in [-0.05, 0) is 58.4 Å². The number of hydrogen-bond acceptors (Lipinski definition) is 9. The van der Waals surface area contributed by atoms with Crippen molar-refractivity contribution in [2.24, 2.45) is 44.4 Å². The van der Waals surface area contributed by atoms with E-state index in [0.29, 0.717) is 25.8 Å². The zero-order chi connectivity index (χ0) is 30.0. The SMILES string of the molecule is CC(O)C(NC(=O)C(CCCN=C(N)N)NC(=O)C(N)CCCN=C(N)N)C(=O)NC(CCCCN)C(=O)O. The van der Waals surface area contributed by atoms with E-state index in [2.05, 4.69) is 25.9 Å². The first kappa shape index (κ1) is 35.3. The Morgan fingerprint density at radius 3 is 1.74 bits per heavy atom. The highest BCUT2D eigenvalue weighted by Crippen LogP contribution is 2.06. The Bertz CT molecular complexity index is 844. The maximum Gasteiger partial charge on any atom is 0.326 e. The lowest BCUT2D eigenvalue weighted by atomic mass is 10.1. The predicted octanol–water partition coefficient (Wildman–Crippen LogP) is -4.53. The van der Waals surface area contributed by atoms with Crippen molar-refractivity contribution in [3.05, 3.63) is 0 Å². The number of aliphatic imine (C=N–C) groups is 2. The van der Waals surface area contributed by atoms with Crippen LogP contribution in [0.4, 0.5) is 0 Å². The smallest absolute Gasteiger partial charge is 0.326 e. The molecule has 17 heteroatoms. The van der Waals surface area contributed by atoms with E-state index in [1.54, 1.807) is 0 Å². The predicted molar refractivity (Wildman–Crippen MR) is 146 cm³/mol. The van der Waals surface area contributed by atoms with Crippen LogP contribution in [-0.2, 0) is 19.2 Å². The van der Waals surface area contributed by atoms with Crippen molar-refractivity contribution in [3.63, 3.8) is 0 Å². The van der Waals surface area contributed by atoms with Crippen molar-refractivity contribution in [2.75, 3.05) is 19.6 Å². The molecule has 0 rings (SSSR count). The Labute approximate surface area is 227 Å².